The van der Waals surface area contributed by atoms with Gasteiger partial charge in [0.2, 0.25) is 5.95 Å². The average molecular weight is 468 g/mol. The predicted molar refractivity (Wildman–Crippen MR) is 136 cm³/mol. The van der Waals surface area contributed by atoms with Gasteiger partial charge in [-0.25, -0.2) is 4.79 Å². The Hall–Kier alpha value is -3.03. The molecule has 0 saturated heterocycles. The fraction of sp³-hybridized carbons (Fsp3) is 0.577. The Morgan fingerprint density at radius 2 is 1.68 bits per heavy atom. The van der Waals surface area contributed by atoms with Gasteiger partial charge in [0.25, 0.3) is 5.56 Å². The molecular formula is C26H37N5O3. The van der Waals surface area contributed by atoms with Gasteiger partial charge in [0.1, 0.15) is 5.75 Å². The number of nitrogens with zero attached hydrogens (tertiary/aromatic N) is 5. The minimum Gasteiger partial charge on any atom is -0.497 e. The fourth-order valence-corrected chi connectivity index (χ4v) is 4.91. The summed E-state index contributed by atoms with van der Waals surface area (Å²) in [6.07, 6.45) is 7.99. The molecule has 8 nitrogen and oxygen atoms in total. The van der Waals surface area contributed by atoms with Gasteiger partial charge >= 0.3 is 5.69 Å². The van der Waals surface area contributed by atoms with Crippen molar-refractivity contribution < 1.29 is 4.74 Å². The third-order valence-electron chi connectivity index (χ3n) is 6.81. The molecule has 8 heteroatoms. The maximum absolute atomic E-state index is 13.5. The number of unbranched alkanes of at least 4 members (excludes halogenated alkanes) is 6. The summed E-state index contributed by atoms with van der Waals surface area (Å²) in [7, 11) is 3.36. The second-order valence-corrected chi connectivity index (χ2v) is 9.53. The first kappa shape index (κ1) is 24.1. The smallest absolute Gasteiger partial charge is 0.332 e. The third kappa shape index (κ3) is 4.63. The largest absolute Gasteiger partial charge is 0.497 e. The van der Waals surface area contributed by atoms with Gasteiger partial charge in [0, 0.05) is 32.4 Å². The molecule has 1 aliphatic heterocycles. The Morgan fingerprint density at radius 3 is 2.35 bits per heavy atom. The summed E-state index contributed by atoms with van der Waals surface area (Å²) in [6, 6.07) is 7.84. The third-order valence-corrected chi connectivity index (χ3v) is 6.81. The Morgan fingerprint density at radius 1 is 1.00 bits per heavy atom. The number of aromatic nitrogens is 4. The van der Waals surface area contributed by atoms with Gasteiger partial charge in [0.05, 0.1) is 7.11 Å². The molecule has 3 aromatic rings. The molecule has 1 aliphatic rings. The van der Waals surface area contributed by atoms with E-state index in [0.717, 1.165) is 37.2 Å². The van der Waals surface area contributed by atoms with Crippen LogP contribution in [0.3, 0.4) is 0 Å². The number of hydrogen-bond acceptors (Lipinski definition) is 5. The molecule has 0 bridgehead atoms. The lowest BCUT2D eigenvalue weighted by atomic mass is 10.1. The maximum Gasteiger partial charge on any atom is 0.332 e. The minimum atomic E-state index is -0.289. The van der Waals surface area contributed by atoms with Crippen LogP contribution in [0, 0.1) is 5.92 Å². The van der Waals surface area contributed by atoms with Gasteiger partial charge in [-0.3, -0.25) is 13.9 Å². The van der Waals surface area contributed by atoms with E-state index in [1.165, 1.54) is 34.8 Å². The molecule has 4 rings (SSSR count). The molecule has 0 amide bonds. The van der Waals surface area contributed by atoms with E-state index in [1.807, 2.05) is 28.8 Å². The van der Waals surface area contributed by atoms with Gasteiger partial charge in [-0.05, 0) is 36.6 Å². The van der Waals surface area contributed by atoms with Crippen molar-refractivity contribution in [2.75, 3.05) is 18.6 Å². The summed E-state index contributed by atoms with van der Waals surface area (Å²) in [5.41, 5.74) is 1.44. The number of ether oxygens (including phenoxy) is 1. The minimum absolute atomic E-state index is 0.230. The van der Waals surface area contributed by atoms with E-state index in [4.69, 9.17) is 9.72 Å². The number of methoxy groups -OCH3 is 1. The van der Waals surface area contributed by atoms with Crippen LogP contribution < -0.4 is 20.9 Å². The molecule has 0 spiro atoms. The lowest BCUT2D eigenvalue weighted by molar-refractivity contribution is 0.414. The van der Waals surface area contributed by atoms with E-state index >= 15 is 0 Å². The topological polar surface area (TPSA) is 74.3 Å². The molecule has 0 aliphatic carbocycles. The van der Waals surface area contributed by atoms with Gasteiger partial charge in [-0.15, -0.1) is 0 Å². The highest BCUT2D eigenvalue weighted by Gasteiger charge is 2.29. The average Bonchev–Trinajstić information content (AvgIpc) is 3.23. The van der Waals surface area contributed by atoms with Crippen LogP contribution in [0.2, 0.25) is 0 Å². The monoisotopic (exact) mass is 467 g/mol. The summed E-state index contributed by atoms with van der Waals surface area (Å²) >= 11 is 0. The number of benzene rings is 1. The Bertz CT molecular complexity index is 1240. The summed E-state index contributed by atoms with van der Waals surface area (Å²) in [5, 5.41) is 0. The summed E-state index contributed by atoms with van der Waals surface area (Å²) < 4.78 is 10.2. The van der Waals surface area contributed by atoms with E-state index in [1.54, 1.807) is 14.2 Å². The molecule has 1 aromatic carbocycles. The van der Waals surface area contributed by atoms with Crippen molar-refractivity contribution in [3.8, 4) is 5.75 Å². The summed E-state index contributed by atoms with van der Waals surface area (Å²) in [6.45, 7) is 6.32. The van der Waals surface area contributed by atoms with Crippen LogP contribution >= 0.6 is 0 Å². The number of anilines is 2. The molecule has 3 heterocycles. The molecule has 0 unspecified atom stereocenters. The van der Waals surface area contributed by atoms with Gasteiger partial charge in [-0.2, -0.15) is 4.98 Å². The number of aryl methyl sites for hydroxylation is 1. The fourth-order valence-electron chi connectivity index (χ4n) is 4.91. The summed E-state index contributed by atoms with van der Waals surface area (Å²) in [4.78, 5) is 33.5. The molecule has 0 N–H and O–H groups in total. The van der Waals surface area contributed by atoms with Crippen LogP contribution in [-0.4, -0.2) is 32.3 Å². The highest BCUT2D eigenvalue weighted by Crippen LogP contribution is 2.33. The van der Waals surface area contributed by atoms with E-state index in [0.29, 0.717) is 36.1 Å². The van der Waals surface area contributed by atoms with Crippen LogP contribution in [0.5, 0.6) is 5.75 Å². The standard InChI is InChI=1S/C26H37N5O3/c1-5-6-7-8-9-10-11-16-29-24(32)22-23(28(3)26(29)33)27-25-30(17-19(2)18-31(22)25)20-12-14-21(34-4)15-13-20/h12-15,19H,5-11,16-18H2,1-4H3/t19-/m1/s1. The van der Waals surface area contributed by atoms with Gasteiger partial charge < -0.3 is 14.2 Å². The van der Waals surface area contributed by atoms with Crippen LogP contribution in [0.4, 0.5) is 11.6 Å². The van der Waals surface area contributed by atoms with Crippen LogP contribution in [0.25, 0.3) is 11.2 Å². The molecule has 0 saturated carbocycles. The first-order chi connectivity index (χ1) is 16.5. The second-order valence-electron chi connectivity index (χ2n) is 9.53. The zero-order chi connectivity index (χ0) is 24.2. The van der Waals surface area contributed by atoms with Crippen molar-refractivity contribution in [1.82, 2.24) is 18.7 Å². The van der Waals surface area contributed by atoms with Crippen molar-refractivity contribution in [3.05, 3.63) is 45.1 Å². The lowest BCUT2D eigenvalue weighted by Gasteiger charge is -2.33. The van der Waals surface area contributed by atoms with E-state index in [9.17, 15) is 9.59 Å². The SMILES string of the molecule is CCCCCCCCCn1c(=O)c2c(nc3n2C[C@H](C)CN3c2ccc(OC)cc2)n(C)c1=O. The van der Waals surface area contributed by atoms with Crippen molar-refractivity contribution in [1.29, 1.82) is 0 Å². The van der Waals surface area contributed by atoms with E-state index in [-0.39, 0.29) is 11.2 Å². The number of imidazole rings is 1. The highest BCUT2D eigenvalue weighted by atomic mass is 16.5. The summed E-state index contributed by atoms with van der Waals surface area (Å²) in [5.74, 6) is 1.82. The quantitative estimate of drug-likeness (QED) is 0.412. The van der Waals surface area contributed by atoms with Crippen molar-refractivity contribution in [3.63, 3.8) is 0 Å². The second kappa shape index (κ2) is 10.5. The molecule has 1 atom stereocenters. The van der Waals surface area contributed by atoms with Gasteiger partial charge in [-0.1, -0.05) is 52.4 Å². The molecule has 184 valence electrons. The van der Waals surface area contributed by atoms with Crippen LogP contribution in [-0.2, 0) is 20.1 Å². The number of rotatable bonds is 10. The Balaban J connectivity index is 1.67. The Labute approximate surface area is 200 Å². The predicted octanol–water partition coefficient (Wildman–Crippen LogP) is 4.44. The molecule has 2 aromatic heterocycles. The molecule has 0 fully saturated rings. The first-order valence-corrected chi connectivity index (χ1v) is 12.6. The Kier molecular flexibility index (Phi) is 7.44. The number of fused-ring (bicyclic) bond motifs is 3. The van der Waals surface area contributed by atoms with Crippen LogP contribution in [0.1, 0.15) is 58.8 Å². The van der Waals surface area contributed by atoms with Crippen LogP contribution in [0.15, 0.2) is 33.9 Å². The maximum atomic E-state index is 13.5. The van der Waals surface area contributed by atoms with Gasteiger partial charge in [0.15, 0.2) is 11.2 Å². The van der Waals surface area contributed by atoms with Crippen molar-refractivity contribution in [2.45, 2.75) is 71.9 Å². The van der Waals surface area contributed by atoms with E-state index in [2.05, 4.69) is 18.7 Å². The molecule has 34 heavy (non-hydrogen) atoms. The molecular weight excluding hydrogens is 430 g/mol. The first-order valence-electron chi connectivity index (χ1n) is 12.6. The van der Waals surface area contributed by atoms with E-state index < -0.39 is 0 Å². The number of hydrogen-bond donors (Lipinski definition) is 0. The van der Waals surface area contributed by atoms with Crippen molar-refractivity contribution >= 4 is 22.8 Å². The normalized spacial score (nSPS) is 15.6. The molecule has 0 radical (unpaired) electrons. The zero-order valence-electron chi connectivity index (χ0n) is 20.9. The highest BCUT2D eigenvalue weighted by molar-refractivity contribution is 5.77. The zero-order valence-corrected chi connectivity index (χ0v) is 20.9. The lowest BCUT2D eigenvalue weighted by Crippen LogP contribution is -2.40. The van der Waals surface area contributed by atoms with Crippen molar-refractivity contribution in [2.24, 2.45) is 13.0 Å².